The normalized spacial score (nSPS) is 16.1. The van der Waals surface area contributed by atoms with E-state index in [1.54, 1.807) is 0 Å². The topological polar surface area (TPSA) is 56.7 Å². The molecule has 3 heterocycles. The number of aromatic nitrogens is 3. The summed E-state index contributed by atoms with van der Waals surface area (Å²) in [6.45, 7) is 5.04. The lowest BCUT2D eigenvalue weighted by atomic mass is 9.81. The van der Waals surface area contributed by atoms with Crippen molar-refractivity contribution in [1.29, 1.82) is 0 Å². The summed E-state index contributed by atoms with van der Waals surface area (Å²) in [5.41, 5.74) is 16.0. The average molecular weight is 383 g/mol. The van der Waals surface area contributed by atoms with Gasteiger partial charge in [-0.3, -0.25) is 4.98 Å². The molecule has 1 aliphatic rings. The van der Waals surface area contributed by atoms with Crippen molar-refractivity contribution in [2.24, 2.45) is 0 Å². The first-order chi connectivity index (χ1) is 14.1. The van der Waals surface area contributed by atoms with Crippen LogP contribution in [0.2, 0.25) is 0 Å². The molecule has 29 heavy (non-hydrogen) atoms. The molecule has 4 nitrogen and oxygen atoms in total. The van der Waals surface area contributed by atoms with Crippen LogP contribution >= 0.6 is 0 Å². The maximum Gasteiger partial charge on any atom is 0.143 e. The van der Waals surface area contributed by atoms with E-state index >= 15 is 0 Å². The fourth-order valence-electron chi connectivity index (χ4n) is 4.74. The second-order valence-electron chi connectivity index (χ2n) is 8.12. The first-order valence-electron chi connectivity index (χ1n) is 10.3. The standard InChI is InChI=1S/C25H26N4/c1-16-17(2)29(15-20-10-6-7-13-27-20)25-23(16)24(26)21-14-19(11-12-22(21)28-25)18-8-4-3-5-9-18/h3-10,13,19H,11-12,14-15H2,1-2H3,(H2,26,28)/t19-/m1/s1. The summed E-state index contributed by atoms with van der Waals surface area (Å²) in [7, 11) is 0. The molecule has 0 amide bonds. The van der Waals surface area contributed by atoms with Crippen LogP contribution in [0.3, 0.4) is 0 Å². The number of rotatable bonds is 3. The lowest BCUT2D eigenvalue weighted by Crippen LogP contribution is -2.17. The number of fused-ring (bicyclic) bond motifs is 2. The first-order valence-corrected chi connectivity index (χ1v) is 10.3. The molecular weight excluding hydrogens is 356 g/mol. The van der Waals surface area contributed by atoms with Gasteiger partial charge < -0.3 is 10.3 Å². The Kier molecular flexibility index (Phi) is 4.35. The zero-order valence-corrected chi connectivity index (χ0v) is 17.0. The van der Waals surface area contributed by atoms with Gasteiger partial charge in [0.05, 0.1) is 12.2 Å². The Balaban J connectivity index is 1.61. The second-order valence-corrected chi connectivity index (χ2v) is 8.12. The van der Waals surface area contributed by atoms with Crippen LogP contribution in [-0.4, -0.2) is 14.5 Å². The van der Waals surface area contributed by atoms with Gasteiger partial charge in [0.2, 0.25) is 0 Å². The molecule has 5 rings (SSSR count). The molecule has 0 spiro atoms. The van der Waals surface area contributed by atoms with Gasteiger partial charge >= 0.3 is 0 Å². The van der Waals surface area contributed by atoms with Crippen molar-refractivity contribution in [2.75, 3.05) is 5.73 Å². The highest BCUT2D eigenvalue weighted by molar-refractivity contribution is 5.95. The molecule has 0 saturated heterocycles. The third-order valence-electron chi connectivity index (χ3n) is 6.48. The van der Waals surface area contributed by atoms with Crippen molar-refractivity contribution in [1.82, 2.24) is 14.5 Å². The molecular formula is C25H26N4. The van der Waals surface area contributed by atoms with Gasteiger partial charge in [0.1, 0.15) is 5.65 Å². The van der Waals surface area contributed by atoms with Crippen LogP contribution in [0.4, 0.5) is 5.69 Å². The molecule has 4 aromatic rings. The van der Waals surface area contributed by atoms with Gasteiger partial charge in [-0.15, -0.1) is 0 Å². The summed E-state index contributed by atoms with van der Waals surface area (Å²) in [5, 5.41) is 1.12. The third kappa shape index (κ3) is 3.00. The van der Waals surface area contributed by atoms with Crippen molar-refractivity contribution >= 4 is 16.7 Å². The van der Waals surface area contributed by atoms with Crippen molar-refractivity contribution < 1.29 is 0 Å². The van der Waals surface area contributed by atoms with Crippen LogP contribution < -0.4 is 5.73 Å². The Labute approximate surface area is 171 Å². The number of nitrogens with zero attached hydrogens (tertiary/aromatic N) is 3. The van der Waals surface area contributed by atoms with E-state index in [9.17, 15) is 0 Å². The minimum Gasteiger partial charge on any atom is -0.398 e. The Morgan fingerprint density at radius 3 is 2.62 bits per heavy atom. The number of hydrogen-bond acceptors (Lipinski definition) is 3. The van der Waals surface area contributed by atoms with Crippen LogP contribution in [0.25, 0.3) is 11.0 Å². The zero-order chi connectivity index (χ0) is 20.0. The van der Waals surface area contributed by atoms with E-state index in [0.717, 1.165) is 48.2 Å². The predicted molar refractivity (Wildman–Crippen MR) is 118 cm³/mol. The lowest BCUT2D eigenvalue weighted by Gasteiger charge is -2.26. The molecule has 2 N–H and O–H groups in total. The highest BCUT2D eigenvalue weighted by Gasteiger charge is 2.26. The molecule has 0 aliphatic heterocycles. The number of pyridine rings is 2. The van der Waals surface area contributed by atoms with Crippen LogP contribution in [0.15, 0.2) is 54.7 Å². The van der Waals surface area contributed by atoms with E-state index < -0.39 is 0 Å². The van der Waals surface area contributed by atoms with E-state index in [1.807, 2.05) is 18.3 Å². The van der Waals surface area contributed by atoms with Gasteiger partial charge in [0, 0.05) is 28.7 Å². The van der Waals surface area contributed by atoms with Gasteiger partial charge in [0.15, 0.2) is 0 Å². The molecule has 1 aliphatic carbocycles. The Morgan fingerprint density at radius 1 is 1.07 bits per heavy atom. The van der Waals surface area contributed by atoms with E-state index in [-0.39, 0.29) is 0 Å². The Morgan fingerprint density at radius 2 is 1.86 bits per heavy atom. The largest absolute Gasteiger partial charge is 0.398 e. The molecule has 146 valence electrons. The summed E-state index contributed by atoms with van der Waals surface area (Å²) in [6.07, 6.45) is 4.91. The number of aryl methyl sites for hydroxylation is 2. The van der Waals surface area contributed by atoms with Gasteiger partial charge in [0.25, 0.3) is 0 Å². The summed E-state index contributed by atoms with van der Waals surface area (Å²) in [4.78, 5) is 9.64. The van der Waals surface area contributed by atoms with Gasteiger partial charge in [-0.25, -0.2) is 4.98 Å². The number of anilines is 1. The van der Waals surface area contributed by atoms with Crippen molar-refractivity contribution in [3.63, 3.8) is 0 Å². The molecule has 0 radical (unpaired) electrons. The van der Waals surface area contributed by atoms with Crippen molar-refractivity contribution in [2.45, 2.75) is 45.6 Å². The number of benzene rings is 1. The molecule has 0 saturated carbocycles. The van der Waals surface area contributed by atoms with Gasteiger partial charge in [-0.2, -0.15) is 0 Å². The Bertz CT molecular complexity index is 1180. The predicted octanol–water partition coefficient (Wildman–Crippen LogP) is 4.95. The van der Waals surface area contributed by atoms with Crippen LogP contribution in [0.1, 0.15) is 46.1 Å². The molecule has 0 unspecified atom stereocenters. The molecule has 4 heteroatoms. The maximum absolute atomic E-state index is 6.79. The van der Waals surface area contributed by atoms with E-state index in [1.165, 1.54) is 28.1 Å². The van der Waals surface area contributed by atoms with E-state index in [4.69, 9.17) is 10.7 Å². The van der Waals surface area contributed by atoms with Gasteiger partial charge in [-0.1, -0.05) is 36.4 Å². The molecule has 0 bridgehead atoms. The summed E-state index contributed by atoms with van der Waals surface area (Å²) >= 11 is 0. The average Bonchev–Trinajstić information content (AvgIpc) is 3.00. The number of nitrogens with two attached hydrogens (primary N) is 1. The van der Waals surface area contributed by atoms with Crippen molar-refractivity contribution in [3.8, 4) is 0 Å². The second kappa shape index (κ2) is 7.03. The fourth-order valence-corrected chi connectivity index (χ4v) is 4.74. The fraction of sp³-hybridized carbons (Fsp3) is 0.280. The first kappa shape index (κ1) is 17.9. The van der Waals surface area contributed by atoms with Crippen molar-refractivity contribution in [3.05, 3.63) is 88.5 Å². The number of nitrogen functional groups attached to an aromatic ring is 1. The Hall–Kier alpha value is -3.14. The third-order valence-corrected chi connectivity index (χ3v) is 6.48. The summed E-state index contributed by atoms with van der Waals surface area (Å²) in [6, 6.07) is 16.8. The minimum atomic E-state index is 0.516. The maximum atomic E-state index is 6.79. The highest BCUT2D eigenvalue weighted by Crippen LogP contribution is 2.39. The summed E-state index contributed by atoms with van der Waals surface area (Å²) < 4.78 is 2.27. The molecule has 1 aromatic carbocycles. The smallest absolute Gasteiger partial charge is 0.143 e. The molecule has 0 fully saturated rings. The highest BCUT2D eigenvalue weighted by atomic mass is 15.1. The SMILES string of the molecule is Cc1c(C)n(Cc2ccccn2)c2nc3c(c(N)c12)C[C@H](c1ccccc1)CC3. The monoisotopic (exact) mass is 382 g/mol. The van der Waals surface area contributed by atoms with Gasteiger partial charge in [-0.05, 0) is 67.9 Å². The van der Waals surface area contributed by atoms with E-state index in [0.29, 0.717) is 5.92 Å². The zero-order valence-electron chi connectivity index (χ0n) is 17.0. The van der Waals surface area contributed by atoms with Crippen LogP contribution in [0.5, 0.6) is 0 Å². The molecule has 3 aromatic heterocycles. The van der Waals surface area contributed by atoms with E-state index in [2.05, 4.69) is 59.8 Å². The lowest BCUT2D eigenvalue weighted by molar-refractivity contribution is 0.576. The van der Waals surface area contributed by atoms with Crippen LogP contribution in [-0.2, 0) is 19.4 Å². The summed E-state index contributed by atoms with van der Waals surface area (Å²) in [5.74, 6) is 0.516. The minimum absolute atomic E-state index is 0.516. The quantitative estimate of drug-likeness (QED) is 0.545. The van der Waals surface area contributed by atoms with Crippen LogP contribution in [0, 0.1) is 13.8 Å². The number of hydrogen-bond donors (Lipinski definition) is 1. The molecule has 1 atom stereocenters.